The Balaban J connectivity index is 0.000000507. The number of tetrazole rings is 1. The number of carbonyl (C=O) groups excluding carboxylic acids is 1. The average molecular weight is 1320 g/mol. The van der Waals surface area contributed by atoms with E-state index in [2.05, 4.69) is 167 Å². The molecule has 0 unspecified atom stereocenters. The fourth-order valence-electron chi connectivity index (χ4n) is 5.09. The number of hydrogen-bond donors (Lipinski definition) is 2. The molecule has 10 heterocycles. The molecule has 10 rings (SSSR count). The summed E-state index contributed by atoms with van der Waals surface area (Å²) in [5.41, 5.74) is 2.85. The van der Waals surface area contributed by atoms with Crippen molar-refractivity contribution in [2.75, 3.05) is 7.05 Å². The van der Waals surface area contributed by atoms with Crippen LogP contribution < -0.4 is 5.32 Å². The molecule has 0 bridgehead atoms. The molecule has 0 fully saturated rings. The lowest BCUT2D eigenvalue weighted by atomic mass is 10.2. The van der Waals surface area contributed by atoms with Gasteiger partial charge in [0, 0.05) is 79.5 Å². The number of halogens is 3. The Morgan fingerprint density at radius 2 is 1.18 bits per heavy atom. The van der Waals surface area contributed by atoms with E-state index in [1.54, 1.807) is 51.6 Å². The molecule has 10 aromatic rings. The van der Waals surface area contributed by atoms with Crippen molar-refractivity contribution in [1.82, 2.24) is 121 Å². The highest BCUT2D eigenvalue weighted by Gasteiger charge is 2.38. The second kappa shape index (κ2) is 42.4. The van der Waals surface area contributed by atoms with Crippen LogP contribution >= 0.6 is 22.9 Å². The fraction of sp³-hybridized carbons (Fsp3) is 0.636. The molecule has 36 heteroatoms. The molecular formula is C55H89F3N24O7S2. The third kappa shape index (κ3) is 33.7. The minimum atomic E-state index is -4.54. The van der Waals surface area contributed by atoms with Gasteiger partial charge >= 0.3 is 23.9 Å². The average Bonchev–Trinajstić information content (AvgIpc) is 2.58. The number of alkyl halides is 3. The Morgan fingerprint density at radius 1 is 0.582 bits per heavy atom. The van der Waals surface area contributed by atoms with Crippen molar-refractivity contribution in [2.24, 2.45) is 7.05 Å². The molecule has 0 spiro atoms. The Bertz CT molecular complexity index is 2990. The standard InChI is InChI=1S/C7H11N3O2.C6H7F3N2O.2C6H10N2O.C5H10N4.C5H9N3.2C5H8N2O.2C5H8N2S/c1-4(2)5-9-7(12-10-5)6(11)8-3;1-3(2)4-10-5(12-11-4)6(7,8)9;1-4(2)6-8-7-5(3)9-6;1-4(2)6-7-5(3)9-8-6;1-4(2)5-6-8-9(3)7-5;1-4(2)5-6-3-7-8-5;1-4(2)5-7-6-3-8-5;1-4(2)5-6-3-8-7-5;1-4(2)5-7-6-3-8-5;1-4(2)5-3-8-7-6-5/h4H,1-3H3,(H,8,11);3H,1-2H3;3*4H,1-3H3;3-4H,1-2H3,(H,6,7,8);4*3-4H,1-2H3. The number of aromatic nitrogens is 23. The van der Waals surface area contributed by atoms with Gasteiger partial charge in [-0.15, -0.1) is 57.2 Å². The number of amides is 1. The summed E-state index contributed by atoms with van der Waals surface area (Å²) in [6, 6.07) is 0. The summed E-state index contributed by atoms with van der Waals surface area (Å²) in [6.45, 7) is 43.6. The maximum Gasteiger partial charge on any atom is 0.471 e. The normalized spacial score (nSPS) is 10.7. The maximum atomic E-state index is 11.9. The fourth-order valence-corrected chi connectivity index (χ4v) is 6.28. The van der Waals surface area contributed by atoms with E-state index in [0.29, 0.717) is 76.7 Å². The number of rotatable bonds is 11. The van der Waals surface area contributed by atoms with Crippen LogP contribution in [0.1, 0.15) is 283 Å². The molecule has 0 aliphatic carbocycles. The zero-order valence-corrected chi connectivity index (χ0v) is 57.9. The van der Waals surface area contributed by atoms with E-state index in [1.807, 2.05) is 88.5 Å². The van der Waals surface area contributed by atoms with Gasteiger partial charge in [0.1, 0.15) is 22.7 Å². The maximum absolute atomic E-state index is 11.9. The van der Waals surface area contributed by atoms with Crippen molar-refractivity contribution in [3.63, 3.8) is 0 Å². The van der Waals surface area contributed by atoms with Crippen molar-refractivity contribution in [1.29, 1.82) is 0 Å². The van der Waals surface area contributed by atoms with Crippen LogP contribution in [0.15, 0.2) is 56.9 Å². The van der Waals surface area contributed by atoms with Crippen LogP contribution in [0.3, 0.4) is 0 Å². The first-order valence-corrected chi connectivity index (χ1v) is 30.6. The molecule has 10 aromatic heterocycles. The Kier molecular flexibility index (Phi) is 37.5. The summed E-state index contributed by atoms with van der Waals surface area (Å²) >= 11 is 3.02. The molecule has 31 nitrogen and oxygen atoms in total. The highest BCUT2D eigenvalue weighted by atomic mass is 32.1. The zero-order chi connectivity index (χ0) is 69.0. The van der Waals surface area contributed by atoms with Crippen molar-refractivity contribution in [3.05, 3.63) is 111 Å². The second-order valence-electron chi connectivity index (χ2n) is 22.1. The molecule has 0 atom stereocenters. The Hall–Kier alpha value is -8.57. The SMILES string of the molecule is CC(C)c1csnn1.CC(C)c1ncn[nH]1.CC(C)c1ncon1.CC(C)c1nnco1.CC(C)c1nncs1.CC(C)c1nnn(C)n1.CC(C)c1noc(C(F)(F)F)n1.CNC(=O)c1nc(C(C)C)no1.Cc1nc(C(C)C)no1.Cc1nnc(C(C)C)o1. The molecular weight excluding hydrogens is 1230 g/mol. The van der Waals surface area contributed by atoms with Gasteiger partial charge in [-0.25, -0.2) is 4.98 Å². The molecule has 91 heavy (non-hydrogen) atoms. The first-order chi connectivity index (χ1) is 42.7. The van der Waals surface area contributed by atoms with Crippen molar-refractivity contribution in [2.45, 2.75) is 218 Å². The number of H-pyrrole nitrogens is 1. The van der Waals surface area contributed by atoms with Crippen molar-refractivity contribution >= 4 is 28.8 Å². The van der Waals surface area contributed by atoms with E-state index in [0.717, 1.165) is 34.0 Å². The molecule has 0 saturated heterocycles. The summed E-state index contributed by atoms with van der Waals surface area (Å²) in [7, 11) is 3.28. The van der Waals surface area contributed by atoms with Crippen LogP contribution in [0.25, 0.3) is 0 Å². The number of carbonyl (C=O) groups is 1. The van der Waals surface area contributed by atoms with Crippen LogP contribution in [0.4, 0.5) is 13.2 Å². The lowest BCUT2D eigenvalue weighted by Crippen LogP contribution is -2.18. The molecule has 0 radical (unpaired) electrons. The van der Waals surface area contributed by atoms with Gasteiger partial charge in [0.2, 0.25) is 36.4 Å². The van der Waals surface area contributed by atoms with Gasteiger partial charge < -0.3 is 32.2 Å². The third-order valence-electron chi connectivity index (χ3n) is 10.3. The van der Waals surface area contributed by atoms with Crippen molar-refractivity contribution in [3.8, 4) is 0 Å². The molecule has 0 saturated carbocycles. The summed E-state index contributed by atoms with van der Waals surface area (Å²) in [4.78, 5) is 31.3. The number of nitrogens with one attached hydrogen (secondary N) is 2. The molecule has 0 aliphatic heterocycles. The summed E-state index contributed by atoms with van der Waals surface area (Å²) < 4.78 is 67.3. The largest absolute Gasteiger partial charge is 0.471 e. The van der Waals surface area contributed by atoms with Crippen LogP contribution in [0.5, 0.6) is 0 Å². The van der Waals surface area contributed by atoms with Gasteiger partial charge in [-0.3, -0.25) is 9.89 Å². The molecule has 1 amide bonds. The van der Waals surface area contributed by atoms with Crippen LogP contribution in [0, 0.1) is 13.8 Å². The number of nitrogens with zero attached hydrogens (tertiary/aromatic N) is 22. The van der Waals surface area contributed by atoms with Crippen molar-refractivity contribution < 1.29 is 44.9 Å². The van der Waals surface area contributed by atoms with Gasteiger partial charge in [0.25, 0.3) is 0 Å². The van der Waals surface area contributed by atoms with Gasteiger partial charge in [-0.1, -0.05) is 164 Å². The number of hydrogen-bond acceptors (Lipinski definition) is 30. The van der Waals surface area contributed by atoms with E-state index in [-0.39, 0.29) is 29.5 Å². The molecule has 2 N–H and O–H groups in total. The van der Waals surface area contributed by atoms with Gasteiger partial charge in [0.15, 0.2) is 29.1 Å². The van der Waals surface area contributed by atoms with Crippen LogP contribution in [-0.4, -0.2) is 129 Å². The van der Waals surface area contributed by atoms with Gasteiger partial charge in [0.05, 0.1) is 12.7 Å². The minimum Gasteiger partial charge on any atom is -0.428 e. The van der Waals surface area contributed by atoms with E-state index in [1.165, 1.54) is 42.5 Å². The van der Waals surface area contributed by atoms with Gasteiger partial charge in [-0.2, -0.15) is 43.0 Å². The van der Waals surface area contributed by atoms with Crippen LogP contribution in [-0.2, 0) is 13.2 Å². The van der Waals surface area contributed by atoms with E-state index in [9.17, 15) is 18.0 Å². The predicted octanol–water partition coefficient (Wildman–Crippen LogP) is 12.7. The van der Waals surface area contributed by atoms with E-state index < -0.39 is 12.1 Å². The molecule has 504 valence electrons. The first kappa shape index (κ1) is 80.4. The quantitative estimate of drug-likeness (QED) is 0.121. The first-order valence-electron chi connectivity index (χ1n) is 28.9. The molecule has 0 aliphatic rings. The number of aryl methyl sites for hydroxylation is 3. The van der Waals surface area contributed by atoms with Crippen LogP contribution in [0.2, 0.25) is 0 Å². The Morgan fingerprint density at radius 3 is 1.44 bits per heavy atom. The lowest BCUT2D eigenvalue weighted by Gasteiger charge is -1.96. The summed E-state index contributed by atoms with van der Waals surface area (Å²) in [6.07, 6.45) is -0.333. The molecule has 0 aromatic carbocycles. The minimum absolute atomic E-state index is 0.0150. The predicted molar refractivity (Wildman–Crippen MR) is 330 cm³/mol. The van der Waals surface area contributed by atoms with E-state index >= 15 is 0 Å². The zero-order valence-electron chi connectivity index (χ0n) is 56.3. The Labute approximate surface area is 535 Å². The smallest absolute Gasteiger partial charge is 0.428 e. The summed E-state index contributed by atoms with van der Waals surface area (Å²) in [5, 5.41) is 63.9. The second-order valence-corrected chi connectivity index (χ2v) is 23.5. The highest BCUT2D eigenvalue weighted by Crippen LogP contribution is 2.28. The summed E-state index contributed by atoms with van der Waals surface area (Å²) in [5.74, 6) is 8.30. The number of aromatic amines is 1. The monoisotopic (exact) mass is 1320 g/mol. The lowest BCUT2D eigenvalue weighted by molar-refractivity contribution is -0.159. The third-order valence-corrected chi connectivity index (χ3v) is 11.8. The van der Waals surface area contributed by atoms with E-state index in [4.69, 9.17) is 17.9 Å². The topological polar surface area (TPSA) is 399 Å². The van der Waals surface area contributed by atoms with Gasteiger partial charge in [-0.05, 0) is 22.7 Å². The highest BCUT2D eigenvalue weighted by molar-refractivity contribution is 7.09.